The molecule has 134 valence electrons. The first-order chi connectivity index (χ1) is 11.8. The lowest BCUT2D eigenvalue weighted by atomic mass is 10.0. The van der Waals surface area contributed by atoms with Crippen LogP contribution in [0.15, 0.2) is 24.5 Å². The van der Waals surface area contributed by atoms with Crippen molar-refractivity contribution in [3.63, 3.8) is 0 Å². The van der Waals surface area contributed by atoms with Gasteiger partial charge in [-0.25, -0.2) is 4.98 Å². The number of ether oxygens (including phenoxy) is 1. The summed E-state index contributed by atoms with van der Waals surface area (Å²) in [5, 5.41) is 6.71. The molecular formula is C15H16F3N5O2. The van der Waals surface area contributed by atoms with Crippen molar-refractivity contribution in [2.45, 2.75) is 18.5 Å². The third kappa shape index (κ3) is 4.01. The molecule has 3 N–H and O–H groups in total. The zero-order chi connectivity index (χ0) is 18.0. The van der Waals surface area contributed by atoms with Crippen LogP contribution in [0.25, 0.3) is 0 Å². The molecule has 1 saturated heterocycles. The minimum Gasteiger partial charge on any atom is -0.468 e. The average Bonchev–Trinajstić information content (AvgIpc) is 3.20. The van der Waals surface area contributed by atoms with Crippen molar-refractivity contribution in [2.75, 3.05) is 25.4 Å². The normalized spacial score (nSPS) is 17.7. The van der Waals surface area contributed by atoms with Gasteiger partial charge >= 0.3 is 6.18 Å². The van der Waals surface area contributed by atoms with Gasteiger partial charge in [0.1, 0.15) is 0 Å². The highest BCUT2D eigenvalue weighted by molar-refractivity contribution is 5.94. The maximum absolute atomic E-state index is 12.6. The van der Waals surface area contributed by atoms with Crippen molar-refractivity contribution in [1.29, 1.82) is 0 Å². The molecular weight excluding hydrogens is 339 g/mol. The van der Waals surface area contributed by atoms with Crippen molar-refractivity contribution in [2.24, 2.45) is 0 Å². The van der Waals surface area contributed by atoms with Gasteiger partial charge in [-0.3, -0.25) is 9.89 Å². The minimum absolute atomic E-state index is 0.0502. The largest absolute Gasteiger partial charge is 0.468 e. The lowest BCUT2D eigenvalue weighted by Gasteiger charge is -2.17. The van der Waals surface area contributed by atoms with Crippen molar-refractivity contribution < 1.29 is 22.7 Å². The summed E-state index contributed by atoms with van der Waals surface area (Å²) in [7, 11) is 0. The number of likely N-dealkylation sites (tertiary alicyclic amines) is 1. The smallest absolute Gasteiger partial charge is 0.422 e. The average molecular weight is 355 g/mol. The zero-order valence-electron chi connectivity index (χ0n) is 13.1. The van der Waals surface area contributed by atoms with Gasteiger partial charge in [0.15, 0.2) is 6.61 Å². The van der Waals surface area contributed by atoms with Gasteiger partial charge in [0.05, 0.1) is 17.6 Å². The highest BCUT2D eigenvalue weighted by Gasteiger charge is 2.31. The Morgan fingerprint density at radius 1 is 1.48 bits per heavy atom. The van der Waals surface area contributed by atoms with E-state index in [1.165, 1.54) is 24.5 Å². The molecule has 0 aliphatic carbocycles. The number of halogens is 3. The van der Waals surface area contributed by atoms with Gasteiger partial charge in [-0.15, -0.1) is 0 Å². The number of carbonyl (C=O) groups is 1. The first-order valence-electron chi connectivity index (χ1n) is 7.57. The monoisotopic (exact) mass is 355 g/mol. The maximum Gasteiger partial charge on any atom is 0.422 e. The molecule has 1 aliphatic heterocycles. The molecule has 1 amide bonds. The summed E-state index contributed by atoms with van der Waals surface area (Å²) in [5.41, 5.74) is 7.39. The summed E-state index contributed by atoms with van der Waals surface area (Å²) in [6.45, 7) is -0.488. The van der Waals surface area contributed by atoms with E-state index in [2.05, 4.69) is 19.9 Å². The molecule has 0 radical (unpaired) electrons. The van der Waals surface area contributed by atoms with E-state index in [-0.39, 0.29) is 23.3 Å². The van der Waals surface area contributed by atoms with Crippen molar-refractivity contribution in [1.82, 2.24) is 20.1 Å². The number of hydrogen-bond acceptors (Lipinski definition) is 5. The van der Waals surface area contributed by atoms with Gasteiger partial charge in [-0.1, -0.05) is 0 Å². The molecule has 0 saturated carbocycles. The van der Waals surface area contributed by atoms with E-state index in [1.807, 2.05) is 0 Å². The van der Waals surface area contributed by atoms with Gasteiger partial charge in [-0.05, 0) is 12.5 Å². The molecule has 7 nitrogen and oxygen atoms in total. The molecule has 2 aromatic heterocycles. The van der Waals surface area contributed by atoms with Crippen LogP contribution in [0.4, 0.5) is 18.9 Å². The molecule has 0 bridgehead atoms. The Kier molecular flexibility index (Phi) is 4.51. The SMILES string of the molecule is Nc1cn[nH]c1C1CCN(C(=O)c2ccnc(OCC(F)(F)F)c2)C1. The number of carbonyl (C=O) groups excluding carboxylic acids is 1. The van der Waals surface area contributed by atoms with E-state index in [4.69, 9.17) is 5.73 Å². The number of nitrogens with two attached hydrogens (primary N) is 1. The Morgan fingerprint density at radius 3 is 2.96 bits per heavy atom. The number of rotatable bonds is 4. The van der Waals surface area contributed by atoms with Gasteiger partial charge in [0.2, 0.25) is 5.88 Å². The van der Waals surface area contributed by atoms with E-state index < -0.39 is 12.8 Å². The van der Waals surface area contributed by atoms with Gasteiger partial charge in [0, 0.05) is 36.8 Å². The van der Waals surface area contributed by atoms with E-state index in [0.29, 0.717) is 18.8 Å². The van der Waals surface area contributed by atoms with Crippen molar-refractivity contribution in [3.8, 4) is 5.88 Å². The minimum atomic E-state index is -4.46. The molecule has 1 aliphatic rings. The molecule has 3 rings (SSSR count). The fourth-order valence-electron chi connectivity index (χ4n) is 2.77. The second kappa shape index (κ2) is 6.61. The number of H-pyrrole nitrogens is 1. The number of pyridine rings is 1. The second-order valence-electron chi connectivity index (χ2n) is 5.76. The Bertz CT molecular complexity index is 762. The standard InChI is InChI=1S/C15H16F3N5O2/c16-15(17,18)8-25-12-5-9(1-3-20-12)14(24)23-4-2-10(7-23)13-11(19)6-21-22-13/h1,3,5-6,10H,2,4,7-8,19H2,(H,21,22). The first kappa shape index (κ1) is 17.1. The third-order valence-corrected chi connectivity index (χ3v) is 3.95. The molecule has 25 heavy (non-hydrogen) atoms. The lowest BCUT2D eigenvalue weighted by molar-refractivity contribution is -0.154. The number of alkyl halides is 3. The van der Waals surface area contributed by atoms with Crippen LogP contribution in [0.5, 0.6) is 5.88 Å². The fourth-order valence-corrected chi connectivity index (χ4v) is 2.77. The van der Waals surface area contributed by atoms with Crippen molar-refractivity contribution in [3.05, 3.63) is 35.8 Å². The van der Waals surface area contributed by atoms with Crippen LogP contribution in [0.2, 0.25) is 0 Å². The summed E-state index contributed by atoms with van der Waals surface area (Å²) < 4.78 is 41.2. The number of amides is 1. The Hall–Kier alpha value is -2.78. The number of nitrogen functional groups attached to an aromatic ring is 1. The summed E-state index contributed by atoms with van der Waals surface area (Å²) in [5.74, 6) is -0.481. The maximum atomic E-state index is 12.6. The van der Waals surface area contributed by atoms with E-state index in [1.54, 1.807) is 4.90 Å². The zero-order valence-corrected chi connectivity index (χ0v) is 13.1. The molecule has 10 heteroatoms. The molecule has 1 atom stereocenters. The summed E-state index contributed by atoms with van der Waals surface area (Å²) in [6.07, 6.45) is -0.971. The predicted octanol–water partition coefficient (Wildman–Crippen LogP) is 1.96. The van der Waals surface area contributed by atoms with Gasteiger partial charge in [0.25, 0.3) is 5.91 Å². The molecule has 1 unspecified atom stereocenters. The Balaban J connectivity index is 1.66. The van der Waals surface area contributed by atoms with Gasteiger partial charge < -0.3 is 15.4 Å². The van der Waals surface area contributed by atoms with Gasteiger partial charge in [-0.2, -0.15) is 18.3 Å². The number of nitrogens with zero attached hydrogens (tertiary/aromatic N) is 3. The number of aromatic amines is 1. The van der Waals surface area contributed by atoms with E-state index in [9.17, 15) is 18.0 Å². The summed E-state index contributed by atoms with van der Waals surface area (Å²) in [4.78, 5) is 17.9. The van der Waals surface area contributed by atoms with E-state index >= 15 is 0 Å². The quantitative estimate of drug-likeness (QED) is 0.874. The number of anilines is 1. The summed E-state index contributed by atoms with van der Waals surface area (Å²) in [6, 6.07) is 2.66. The molecule has 2 aromatic rings. The number of aromatic nitrogens is 3. The molecule has 1 fully saturated rings. The van der Waals surface area contributed by atoms with Crippen LogP contribution in [0, 0.1) is 0 Å². The Morgan fingerprint density at radius 2 is 2.28 bits per heavy atom. The first-order valence-corrected chi connectivity index (χ1v) is 7.57. The van der Waals surface area contributed by atoms with Crippen LogP contribution in [0.3, 0.4) is 0 Å². The highest BCUT2D eigenvalue weighted by atomic mass is 19.4. The lowest BCUT2D eigenvalue weighted by Crippen LogP contribution is -2.28. The second-order valence-corrected chi connectivity index (χ2v) is 5.76. The van der Waals surface area contributed by atoms with Crippen LogP contribution < -0.4 is 10.5 Å². The topological polar surface area (TPSA) is 97.1 Å². The summed E-state index contributed by atoms with van der Waals surface area (Å²) >= 11 is 0. The fraction of sp³-hybridized carbons (Fsp3) is 0.400. The highest BCUT2D eigenvalue weighted by Crippen LogP contribution is 2.30. The Labute approximate surface area is 141 Å². The number of hydrogen-bond donors (Lipinski definition) is 2. The van der Waals surface area contributed by atoms with Crippen LogP contribution in [-0.4, -0.2) is 51.9 Å². The van der Waals surface area contributed by atoms with Crippen molar-refractivity contribution >= 4 is 11.6 Å². The predicted molar refractivity (Wildman–Crippen MR) is 82.0 cm³/mol. The van der Waals surface area contributed by atoms with Crippen LogP contribution in [-0.2, 0) is 0 Å². The molecule has 0 spiro atoms. The molecule has 3 heterocycles. The van der Waals surface area contributed by atoms with Crippen LogP contribution >= 0.6 is 0 Å². The third-order valence-electron chi connectivity index (χ3n) is 3.95. The molecule has 0 aromatic carbocycles. The number of nitrogens with one attached hydrogen (secondary N) is 1. The van der Waals surface area contributed by atoms with E-state index in [0.717, 1.165) is 12.1 Å². The van der Waals surface area contributed by atoms with Crippen LogP contribution in [0.1, 0.15) is 28.4 Å².